The molecule has 1 heterocycles. The van der Waals surface area contributed by atoms with Gasteiger partial charge >= 0.3 is 5.97 Å². The summed E-state index contributed by atoms with van der Waals surface area (Å²) in [6.07, 6.45) is 0. The molecule has 6 heteroatoms. The summed E-state index contributed by atoms with van der Waals surface area (Å²) in [5.41, 5.74) is -1.18. The molecule has 0 aromatic heterocycles. The van der Waals surface area contributed by atoms with Crippen molar-refractivity contribution in [2.24, 2.45) is 0 Å². The Bertz CT molecular complexity index is 818. The second-order valence-corrected chi connectivity index (χ2v) is 5.47. The maximum Gasteiger partial charge on any atom is 0.337 e. The highest BCUT2D eigenvalue weighted by Gasteiger charge is 2.52. The fourth-order valence-electron chi connectivity index (χ4n) is 2.90. The Hall–Kier alpha value is -2.89. The number of fused-ring (bicyclic) bond motifs is 1. The van der Waals surface area contributed by atoms with Gasteiger partial charge in [0, 0.05) is 18.2 Å². The predicted molar refractivity (Wildman–Crippen MR) is 86.1 cm³/mol. The molecule has 5 nitrogen and oxygen atoms in total. The molecule has 1 aliphatic rings. The van der Waals surface area contributed by atoms with Crippen molar-refractivity contribution in [1.29, 1.82) is 0 Å². The SMILES string of the molecule is COC(=O)c1ccc([C@]2(F)C(=O)N(C)c3ccc(OC)cc32)cc1. The molecule has 1 atom stereocenters. The molecule has 3 rings (SSSR count). The van der Waals surface area contributed by atoms with E-state index in [1.807, 2.05) is 0 Å². The zero-order valence-corrected chi connectivity index (χ0v) is 13.5. The van der Waals surface area contributed by atoms with E-state index < -0.39 is 17.5 Å². The molecule has 124 valence electrons. The average Bonchev–Trinajstić information content (AvgIpc) is 2.83. The molecule has 2 aromatic carbocycles. The van der Waals surface area contributed by atoms with Crippen LogP contribution in [0.4, 0.5) is 10.1 Å². The fraction of sp³-hybridized carbons (Fsp3) is 0.222. The van der Waals surface area contributed by atoms with E-state index in [-0.39, 0.29) is 16.7 Å². The van der Waals surface area contributed by atoms with Gasteiger partial charge in [-0.2, -0.15) is 0 Å². The number of hydrogen-bond donors (Lipinski definition) is 0. The summed E-state index contributed by atoms with van der Waals surface area (Å²) >= 11 is 0. The Labute approximate surface area is 138 Å². The van der Waals surface area contributed by atoms with Crippen molar-refractivity contribution in [3.63, 3.8) is 0 Å². The summed E-state index contributed by atoms with van der Waals surface area (Å²) in [6.45, 7) is 0. The van der Waals surface area contributed by atoms with Crippen molar-refractivity contribution >= 4 is 17.6 Å². The summed E-state index contributed by atoms with van der Waals surface area (Å²) < 4.78 is 25.6. The van der Waals surface area contributed by atoms with Gasteiger partial charge in [-0.1, -0.05) is 12.1 Å². The number of rotatable bonds is 3. The molecule has 1 aliphatic heterocycles. The minimum atomic E-state index is -2.33. The molecule has 0 fully saturated rings. The highest BCUT2D eigenvalue weighted by Crippen LogP contribution is 2.47. The number of benzene rings is 2. The van der Waals surface area contributed by atoms with Crippen LogP contribution >= 0.6 is 0 Å². The Balaban J connectivity index is 2.13. The van der Waals surface area contributed by atoms with Gasteiger partial charge in [-0.05, 0) is 30.3 Å². The first kappa shape index (κ1) is 16.0. The number of likely N-dealkylation sites (N-methyl/N-ethyl adjacent to an activating group) is 1. The van der Waals surface area contributed by atoms with Crippen LogP contribution in [0.3, 0.4) is 0 Å². The standard InChI is InChI=1S/C18H16FNO4/c1-20-15-9-8-13(23-2)10-14(15)18(19,17(20)22)12-6-4-11(5-7-12)16(21)24-3/h4-10H,1-3H3/t18-/m1/s1. The summed E-state index contributed by atoms with van der Waals surface area (Å²) in [6, 6.07) is 10.6. The van der Waals surface area contributed by atoms with Crippen molar-refractivity contribution in [2.45, 2.75) is 5.67 Å². The number of nitrogens with zero attached hydrogens (tertiary/aromatic N) is 1. The molecule has 0 saturated heterocycles. The van der Waals surface area contributed by atoms with E-state index in [9.17, 15) is 9.59 Å². The number of alkyl halides is 1. The lowest BCUT2D eigenvalue weighted by molar-refractivity contribution is -0.126. The number of ether oxygens (including phenoxy) is 2. The topological polar surface area (TPSA) is 55.8 Å². The first-order valence-electron chi connectivity index (χ1n) is 7.28. The van der Waals surface area contributed by atoms with Crippen molar-refractivity contribution in [1.82, 2.24) is 0 Å². The Morgan fingerprint density at radius 1 is 1.12 bits per heavy atom. The summed E-state index contributed by atoms with van der Waals surface area (Å²) in [5, 5.41) is 0. The molecule has 0 spiro atoms. The minimum Gasteiger partial charge on any atom is -0.497 e. The van der Waals surface area contributed by atoms with Crippen molar-refractivity contribution in [3.8, 4) is 5.75 Å². The van der Waals surface area contributed by atoms with Crippen molar-refractivity contribution in [2.75, 3.05) is 26.2 Å². The first-order valence-corrected chi connectivity index (χ1v) is 7.28. The zero-order chi connectivity index (χ0) is 17.5. The lowest BCUT2D eigenvalue weighted by Crippen LogP contribution is -2.35. The summed E-state index contributed by atoms with van der Waals surface area (Å²) in [4.78, 5) is 25.4. The predicted octanol–water partition coefficient (Wildman–Crippen LogP) is 2.67. The van der Waals surface area contributed by atoms with E-state index in [4.69, 9.17) is 4.74 Å². The number of methoxy groups -OCH3 is 2. The van der Waals surface area contributed by atoms with E-state index in [0.717, 1.165) is 0 Å². The number of carbonyl (C=O) groups is 2. The van der Waals surface area contributed by atoms with Gasteiger partial charge in [-0.25, -0.2) is 9.18 Å². The second-order valence-electron chi connectivity index (χ2n) is 5.47. The normalized spacial score (nSPS) is 19.2. The molecule has 0 bridgehead atoms. The summed E-state index contributed by atoms with van der Waals surface area (Å²) in [7, 11) is 4.27. The van der Waals surface area contributed by atoms with E-state index in [1.54, 1.807) is 12.1 Å². The smallest absolute Gasteiger partial charge is 0.337 e. The number of anilines is 1. The third kappa shape index (κ3) is 2.14. The monoisotopic (exact) mass is 329 g/mol. The number of hydrogen-bond acceptors (Lipinski definition) is 4. The minimum absolute atomic E-state index is 0.152. The van der Waals surface area contributed by atoms with Crippen LogP contribution < -0.4 is 9.64 Å². The van der Waals surface area contributed by atoms with Crippen molar-refractivity contribution < 1.29 is 23.5 Å². The molecule has 24 heavy (non-hydrogen) atoms. The van der Waals surface area contributed by atoms with Crippen LogP contribution in [-0.4, -0.2) is 33.1 Å². The highest BCUT2D eigenvalue weighted by atomic mass is 19.1. The second kappa shape index (κ2) is 5.63. The Morgan fingerprint density at radius 2 is 1.79 bits per heavy atom. The van der Waals surface area contributed by atoms with Gasteiger partial charge in [-0.3, -0.25) is 4.79 Å². The third-order valence-electron chi connectivity index (χ3n) is 4.24. The number of amides is 1. The number of halogens is 1. The lowest BCUT2D eigenvalue weighted by atomic mass is 9.88. The molecular weight excluding hydrogens is 313 g/mol. The fourth-order valence-corrected chi connectivity index (χ4v) is 2.90. The lowest BCUT2D eigenvalue weighted by Gasteiger charge is -2.20. The van der Waals surface area contributed by atoms with Gasteiger partial charge in [0.05, 0.1) is 25.5 Å². The van der Waals surface area contributed by atoms with E-state index in [1.165, 1.54) is 56.5 Å². The van der Waals surface area contributed by atoms with Gasteiger partial charge in [0.2, 0.25) is 5.67 Å². The maximum absolute atomic E-state index is 15.8. The van der Waals surface area contributed by atoms with Crippen LogP contribution in [0.15, 0.2) is 42.5 Å². The Morgan fingerprint density at radius 3 is 2.38 bits per heavy atom. The van der Waals surface area contributed by atoms with Gasteiger partial charge in [-0.15, -0.1) is 0 Å². The highest BCUT2D eigenvalue weighted by molar-refractivity contribution is 6.09. The molecule has 0 unspecified atom stereocenters. The Kier molecular flexibility index (Phi) is 3.75. The van der Waals surface area contributed by atoms with Gasteiger partial charge in [0.1, 0.15) is 5.75 Å². The maximum atomic E-state index is 15.8. The molecule has 0 radical (unpaired) electrons. The third-order valence-corrected chi connectivity index (χ3v) is 4.24. The van der Waals surface area contributed by atoms with Gasteiger partial charge in [0.15, 0.2) is 0 Å². The number of esters is 1. The summed E-state index contributed by atoms with van der Waals surface area (Å²) in [5.74, 6) is -0.743. The van der Waals surface area contributed by atoms with Gasteiger partial charge < -0.3 is 14.4 Å². The van der Waals surface area contributed by atoms with Crippen LogP contribution in [-0.2, 0) is 15.2 Å². The van der Waals surface area contributed by atoms with Crippen LogP contribution in [0, 0.1) is 0 Å². The quantitative estimate of drug-likeness (QED) is 0.813. The van der Waals surface area contributed by atoms with Crippen LogP contribution in [0.25, 0.3) is 0 Å². The first-order chi connectivity index (χ1) is 11.4. The van der Waals surface area contributed by atoms with Crippen LogP contribution in [0.5, 0.6) is 5.75 Å². The van der Waals surface area contributed by atoms with E-state index in [2.05, 4.69) is 4.74 Å². The number of carbonyl (C=O) groups excluding carboxylic acids is 2. The molecule has 2 aromatic rings. The van der Waals surface area contributed by atoms with E-state index >= 15 is 4.39 Å². The zero-order valence-electron chi connectivity index (χ0n) is 13.5. The van der Waals surface area contributed by atoms with Crippen LogP contribution in [0.2, 0.25) is 0 Å². The molecule has 0 aliphatic carbocycles. The van der Waals surface area contributed by atoms with E-state index in [0.29, 0.717) is 11.4 Å². The average molecular weight is 329 g/mol. The molecule has 0 saturated carbocycles. The molecular formula is C18H16FNO4. The molecule has 1 amide bonds. The van der Waals surface area contributed by atoms with Crippen molar-refractivity contribution in [3.05, 3.63) is 59.2 Å². The largest absolute Gasteiger partial charge is 0.497 e. The van der Waals surface area contributed by atoms with Gasteiger partial charge in [0.25, 0.3) is 5.91 Å². The van der Waals surface area contributed by atoms with Crippen LogP contribution in [0.1, 0.15) is 21.5 Å². The molecule has 0 N–H and O–H groups in total.